The Bertz CT molecular complexity index is 334. The maximum atomic E-state index is 10.3. The number of hydrogen-bond donors (Lipinski definition) is 1. The summed E-state index contributed by atoms with van der Waals surface area (Å²) >= 11 is 14.4. The van der Waals surface area contributed by atoms with Crippen LogP contribution in [-0.4, -0.2) is 60.7 Å². The van der Waals surface area contributed by atoms with Gasteiger partial charge in [0.25, 0.3) is 0 Å². The third-order valence-corrected chi connectivity index (χ3v) is 2.06. The van der Waals surface area contributed by atoms with Gasteiger partial charge in [-0.25, -0.2) is 0 Å². The highest BCUT2D eigenvalue weighted by Crippen LogP contribution is 2.03. The molecule has 0 aromatic heterocycles. The molecular formula is C21H45Cl3O7. The van der Waals surface area contributed by atoms with Gasteiger partial charge in [0.15, 0.2) is 4.30 Å². The predicted octanol–water partition coefficient (Wildman–Crippen LogP) is 5.93. The van der Waals surface area contributed by atoms with Crippen molar-refractivity contribution < 1.29 is 33.7 Å². The van der Waals surface area contributed by atoms with E-state index in [1.54, 1.807) is 6.92 Å². The number of alkyl halides is 3. The summed E-state index contributed by atoms with van der Waals surface area (Å²) in [5.41, 5.74) is 0. The molecule has 0 fully saturated rings. The van der Waals surface area contributed by atoms with Gasteiger partial charge in [-0.1, -0.05) is 61.0 Å². The topological polar surface area (TPSA) is 99.1 Å². The number of rotatable bonds is 8. The lowest BCUT2D eigenvalue weighted by atomic mass is 10.2. The number of esters is 2. The summed E-state index contributed by atoms with van der Waals surface area (Å²) in [6.45, 7) is 16.6. The first-order chi connectivity index (χ1) is 14.4. The molecule has 0 rings (SSSR count). The number of ketones is 1. The maximum absolute atomic E-state index is 10.3. The summed E-state index contributed by atoms with van der Waals surface area (Å²) in [7, 11) is 1.00. The average molecular weight is 516 g/mol. The van der Waals surface area contributed by atoms with E-state index < -0.39 is 4.30 Å². The van der Waals surface area contributed by atoms with Crippen LogP contribution >= 0.6 is 34.8 Å². The molecule has 7 nitrogen and oxygen atoms in total. The monoisotopic (exact) mass is 514 g/mol. The maximum Gasteiger partial charge on any atom is 0.302 e. The second-order valence-corrected chi connectivity index (χ2v) is 7.24. The Morgan fingerprint density at radius 2 is 1.06 bits per heavy atom. The molecule has 0 saturated carbocycles. The molecule has 0 radical (unpaired) electrons. The van der Waals surface area contributed by atoms with E-state index >= 15 is 0 Å². The van der Waals surface area contributed by atoms with Gasteiger partial charge >= 0.3 is 11.9 Å². The number of unbranched alkanes of at least 4 members (excludes halogenated alkanes) is 3. The van der Waals surface area contributed by atoms with Gasteiger partial charge in [0.05, 0.1) is 13.2 Å². The number of hydrogen-bond acceptors (Lipinski definition) is 7. The van der Waals surface area contributed by atoms with E-state index in [-0.39, 0.29) is 17.7 Å². The lowest BCUT2D eigenvalue weighted by molar-refractivity contribution is -0.141. The third kappa shape index (κ3) is 170. The van der Waals surface area contributed by atoms with Gasteiger partial charge in [0.1, 0.15) is 5.78 Å². The SMILES string of the molecule is CC(C)=O.CCCCCCOC(C)=O.CCOC(C)=O.CCOCC.CO.ClC(Cl)Cl. The number of Topliss-reactive ketones (excluding diaryl/α,β-unsaturated/α-hetero) is 1. The predicted molar refractivity (Wildman–Crippen MR) is 131 cm³/mol. The fourth-order valence-corrected chi connectivity index (χ4v) is 1.15. The number of aliphatic hydroxyl groups is 1. The van der Waals surface area contributed by atoms with Crippen LogP contribution in [0.3, 0.4) is 0 Å². The number of halogens is 3. The van der Waals surface area contributed by atoms with E-state index in [9.17, 15) is 14.4 Å². The van der Waals surface area contributed by atoms with Crippen molar-refractivity contribution in [3.63, 3.8) is 0 Å². The molecule has 0 atom stereocenters. The van der Waals surface area contributed by atoms with Crippen LogP contribution in [0.4, 0.5) is 0 Å². The first-order valence-electron chi connectivity index (χ1n) is 10.1. The molecule has 0 spiro atoms. The molecule has 0 aromatic rings. The Morgan fingerprint density at radius 1 is 0.710 bits per heavy atom. The first-order valence-corrected chi connectivity index (χ1v) is 11.4. The highest BCUT2D eigenvalue weighted by molar-refractivity contribution is 6.63. The second kappa shape index (κ2) is 47.3. The molecule has 192 valence electrons. The van der Waals surface area contributed by atoms with Crippen LogP contribution in [0, 0.1) is 0 Å². The molecule has 0 aromatic carbocycles. The zero-order valence-corrected chi connectivity index (χ0v) is 23.0. The second-order valence-electron chi connectivity index (χ2n) is 5.26. The van der Waals surface area contributed by atoms with Crippen molar-refractivity contribution in [2.45, 2.75) is 85.4 Å². The van der Waals surface area contributed by atoms with Crippen LogP contribution in [0.15, 0.2) is 0 Å². The van der Waals surface area contributed by atoms with E-state index in [1.165, 1.54) is 47.0 Å². The summed E-state index contributed by atoms with van der Waals surface area (Å²) in [6.07, 6.45) is 4.64. The molecule has 0 aliphatic carbocycles. The molecule has 0 unspecified atom stereocenters. The molecule has 0 amide bonds. The van der Waals surface area contributed by atoms with Crippen molar-refractivity contribution in [2.24, 2.45) is 0 Å². The minimum atomic E-state index is -0.750. The summed E-state index contributed by atoms with van der Waals surface area (Å²) in [6, 6.07) is 0. The minimum Gasteiger partial charge on any atom is -0.466 e. The van der Waals surface area contributed by atoms with Crippen LogP contribution in [0.1, 0.15) is 81.1 Å². The van der Waals surface area contributed by atoms with Gasteiger partial charge in [0.2, 0.25) is 0 Å². The lowest BCUT2D eigenvalue weighted by Crippen LogP contribution is -1.99. The van der Waals surface area contributed by atoms with Gasteiger partial charge in [-0.05, 0) is 41.0 Å². The molecule has 31 heavy (non-hydrogen) atoms. The molecule has 0 aliphatic heterocycles. The van der Waals surface area contributed by atoms with Crippen LogP contribution in [0.2, 0.25) is 0 Å². The molecule has 0 bridgehead atoms. The Labute approximate surface area is 205 Å². The summed E-state index contributed by atoms with van der Waals surface area (Å²) < 4.78 is 13.2. The smallest absolute Gasteiger partial charge is 0.302 e. The number of carbonyl (C=O) groups excluding carboxylic acids is 3. The van der Waals surface area contributed by atoms with Crippen molar-refractivity contribution >= 4 is 52.5 Å². The zero-order valence-electron chi connectivity index (χ0n) is 20.8. The third-order valence-electron chi connectivity index (χ3n) is 2.06. The Morgan fingerprint density at radius 3 is 1.23 bits per heavy atom. The van der Waals surface area contributed by atoms with E-state index in [0.717, 1.165) is 26.7 Å². The Balaban J connectivity index is -0.0000000649. The van der Waals surface area contributed by atoms with Gasteiger partial charge in [-0.15, -0.1) is 0 Å². The van der Waals surface area contributed by atoms with Crippen LogP contribution in [0.25, 0.3) is 0 Å². The van der Waals surface area contributed by atoms with Gasteiger partial charge < -0.3 is 24.1 Å². The largest absolute Gasteiger partial charge is 0.466 e. The summed E-state index contributed by atoms with van der Waals surface area (Å²) in [5.74, 6) is -0.214. The van der Waals surface area contributed by atoms with Crippen molar-refractivity contribution in [1.29, 1.82) is 0 Å². The number of aliphatic hydroxyl groups excluding tert-OH is 1. The highest BCUT2D eigenvalue weighted by atomic mass is 35.6. The Kier molecular flexibility index (Phi) is 67.3. The molecule has 0 heterocycles. The fourth-order valence-electron chi connectivity index (χ4n) is 1.15. The van der Waals surface area contributed by atoms with Gasteiger partial charge in [0, 0.05) is 34.2 Å². The quantitative estimate of drug-likeness (QED) is 0.243. The van der Waals surface area contributed by atoms with Gasteiger partial charge in [-0.3, -0.25) is 9.59 Å². The van der Waals surface area contributed by atoms with Crippen LogP contribution < -0.4 is 0 Å². The Hall–Kier alpha value is -0.600. The van der Waals surface area contributed by atoms with E-state index in [4.69, 9.17) is 49.4 Å². The van der Waals surface area contributed by atoms with Crippen molar-refractivity contribution in [1.82, 2.24) is 0 Å². The van der Waals surface area contributed by atoms with Crippen LogP contribution in [-0.2, 0) is 28.6 Å². The normalized spacial score (nSPS) is 8.06. The molecular weight excluding hydrogens is 471 g/mol. The van der Waals surface area contributed by atoms with E-state index in [2.05, 4.69) is 11.7 Å². The van der Waals surface area contributed by atoms with E-state index in [1.807, 2.05) is 13.8 Å². The summed E-state index contributed by atoms with van der Waals surface area (Å²) in [5, 5.41) is 7.00. The van der Waals surface area contributed by atoms with Crippen molar-refractivity contribution in [3.05, 3.63) is 0 Å². The zero-order chi connectivity index (χ0) is 26.1. The molecule has 10 heteroatoms. The van der Waals surface area contributed by atoms with Crippen LogP contribution in [0.5, 0.6) is 0 Å². The van der Waals surface area contributed by atoms with Crippen molar-refractivity contribution in [2.75, 3.05) is 33.5 Å². The number of carbonyl (C=O) groups is 3. The molecule has 0 saturated heterocycles. The standard InChI is InChI=1S/C8H16O2.C4H8O2.C4H10O.C3H6O.CHCl3.CH4O/c1-3-4-5-6-7-10-8(2)9;1-3-6-4(2)5;1-3-5-4-2;1-3(2)4;2-1(3)4;1-2/h3-7H2,1-2H3;3H2,1-2H3;3-4H2,1-2H3;1-2H3;1H;2H,1H3. The number of ether oxygens (including phenoxy) is 3. The highest BCUT2D eigenvalue weighted by Gasteiger charge is 1.91. The fraction of sp³-hybridized carbons (Fsp3) is 0.857. The molecule has 1 N–H and O–H groups in total. The van der Waals surface area contributed by atoms with Gasteiger partial charge in [-0.2, -0.15) is 0 Å². The average Bonchev–Trinajstić information content (AvgIpc) is 2.64. The molecule has 0 aliphatic rings. The lowest BCUT2D eigenvalue weighted by Gasteiger charge is -1.99. The minimum absolute atomic E-state index is 0.167. The van der Waals surface area contributed by atoms with Crippen molar-refractivity contribution in [3.8, 4) is 0 Å². The van der Waals surface area contributed by atoms with E-state index in [0.29, 0.717) is 13.2 Å². The first kappa shape index (κ1) is 44.1. The summed E-state index contributed by atoms with van der Waals surface area (Å²) in [4.78, 5) is 29.5.